The molecule has 0 saturated carbocycles. The number of amides is 3. The molecule has 2 aromatic rings. The third kappa shape index (κ3) is 9.59. The van der Waals surface area contributed by atoms with Crippen molar-refractivity contribution < 1.29 is 33.0 Å². The fourth-order valence-electron chi connectivity index (χ4n) is 7.19. The Bertz CT molecular complexity index is 1600. The van der Waals surface area contributed by atoms with Crippen molar-refractivity contribution in [1.29, 1.82) is 0 Å². The molecule has 2 fully saturated rings. The quantitative estimate of drug-likeness (QED) is 0.427. The van der Waals surface area contributed by atoms with Crippen molar-refractivity contribution in [3.05, 3.63) is 53.0 Å². The molecule has 1 aromatic heterocycles. The van der Waals surface area contributed by atoms with Crippen LogP contribution in [-0.2, 0) is 20.7 Å². The van der Waals surface area contributed by atoms with Crippen LogP contribution in [0.2, 0.25) is 0 Å². The Morgan fingerprint density at radius 2 is 1.58 bits per heavy atom. The zero-order chi connectivity index (χ0) is 38.1. The van der Waals surface area contributed by atoms with Gasteiger partial charge in [0.2, 0.25) is 11.8 Å². The third-order valence-corrected chi connectivity index (χ3v) is 9.68. The van der Waals surface area contributed by atoms with Gasteiger partial charge in [0.25, 0.3) is 5.91 Å². The van der Waals surface area contributed by atoms with Crippen molar-refractivity contribution in [2.75, 3.05) is 50.9 Å². The highest BCUT2D eigenvalue weighted by Gasteiger charge is 2.41. The SMILES string of the molecule is C[C@@H]1CN(CC(=O)N2c3cc(Cc4ccc(F)cc4)c(C(=O)NC(C)(C)C)nc3OC[C@@H]2C)[C@@H](CN2[C@H](C)COC[C@H]2C)CN1C(=O)OC(C)(C)C. The van der Waals surface area contributed by atoms with E-state index in [0.29, 0.717) is 50.5 Å². The van der Waals surface area contributed by atoms with Gasteiger partial charge < -0.3 is 29.3 Å². The number of hydrogen-bond donors (Lipinski definition) is 1. The summed E-state index contributed by atoms with van der Waals surface area (Å²) in [6.45, 7) is 22.5. The number of ether oxygens (including phenoxy) is 3. The van der Waals surface area contributed by atoms with Crippen LogP contribution in [0, 0.1) is 5.82 Å². The van der Waals surface area contributed by atoms with E-state index in [1.165, 1.54) is 12.1 Å². The molecule has 0 unspecified atom stereocenters. The summed E-state index contributed by atoms with van der Waals surface area (Å²) in [6.07, 6.45) is -0.0627. The number of anilines is 1. The molecule has 0 bridgehead atoms. The highest BCUT2D eigenvalue weighted by atomic mass is 19.1. The number of aromatic nitrogens is 1. The van der Waals surface area contributed by atoms with Crippen LogP contribution in [0.25, 0.3) is 0 Å². The maximum atomic E-state index is 14.6. The maximum absolute atomic E-state index is 14.6. The molecule has 1 N–H and O–H groups in total. The van der Waals surface area contributed by atoms with Crippen molar-refractivity contribution in [2.45, 2.75) is 117 Å². The number of carbonyl (C=O) groups is 3. The Balaban J connectivity index is 1.46. The summed E-state index contributed by atoms with van der Waals surface area (Å²) in [4.78, 5) is 54.3. The summed E-state index contributed by atoms with van der Waals surface area (Å²) >= 11 is 0. The Morgan fingerprint density at radius 3 is 2.19 bits per heavy atom. The first kappa shape index (κ1) is 39.4. The number of morpholine rings is 1. The van der Waals surface area contributed by atoms with E-state index in [1.807, 2.05) is 61.5 Å². The highest BCUT2D eigenvalue weighted by molar-refractivity contribution is 5.99. The first-order valence-corrected chi connectivity index (χ1v) is 18.4. The first-order valence-electron chi connectivity index (χ1n) is 18.4. The van der Waals surface area contributed by atoms with Crippen molar-refractivity contribution in [1.82, 2.24) is 25.0 Å². The van der Waals surface area contributed by atoms with Crippen molar-refractivity contribution in [3.63, 3.8) is 0 Å². The fraction of sp³-hybridized carbons (Fsp3) is 0.641. The minimum atomic E-state index is -0.636. The molecule has 2 saturated heterocycles. The third-order valence-electron chi connectivity index (χ3n) is 9.68. The number of pyridine rings is 1. The van der Waals surface area contributed by atoms with Crippen molar-refractivity contribution in [2.24, 2.45) is 0 Å². The van der Waals surface area contributed by atoms with Crippen molar-refractivity contribution >= 4 is 23.6 Å². The van der Waals surface area contributed by atoms with Gasteiger partial charge in [-0.2, -0.15) is 0 Å². The van der Waals surface area contributed by atoms with E-state index in [1.54, 1.807) is 21.9 Å². The Morgan fingerprint density at radius 1 is 0.923 bits per heavy atom. The smallest absolute Gasteiger partial charge is 0.410 e. The second kappa shape index (κ2) is 15.7. The van der Waals surface area contributed by atoms with Crippen LogP contribution < -0.4 is 15.0 Å². The molecular formula is C39H57FN6O6. The van der Waals surface area contributed by atoms with Crippen LogP contribution in [0.1, 0.15) is 90.9 Å². The predicted molar refractivity (Wildman–Crippen MR) is 197 cm³/mol. The molecule has 13 heteroatoms. The molecule has 5 atom stereocenters. The molecular weight excluding hydrogens is 667 g/mol. The number of fused-ring (bicyclic) bond motifs is 1. The van der Waals surface area contributed by atoms with Gasteiger partial charge in [0.05, 0.1) is 25.8 Å². The van der Waals surface area contributed by atoms with Crippen LogP contribution in [0.4, 0.5) is 14.9 Å². The van der Waals surface area contributed by atoms with Crippen LogP contribution in [0.3, 0.4) is 0 Å². The number of piperazine rings is 1. The second-order valence-corrected chi connectivity index (χ2v) is 16.7. The standard InChI is InChI=1S/C39H57FN6O6/c1-24-17-43(31(18-44-25(2)21-50-22-26(44)3)19-45(24)37(49)52-39(8,9)10)20-33(47)46-27(4)23-51-36-32(46)16-29(15-28-11-13-30(40)14-12-28)34(41-36)35(48)42-38(5,6)7/h11-14,16,24-27,31H,15,17-23H2,1-10H3,(H,42,48)/t24-,25-,26-,27+,31+/m1/s1. The lowest BCUT2D eigenvalue weighted by Crippen LogP contribution is -2.65. The van der Waals surface area contributed by atoms with E-state index in [2.05, 4.69) is 29.0 Å². The van der Waals surface area contributed by atoms with Gasteiger partial charge in [0.15, 0.2) is 0 Å². The number of benzene rings is 1. The predicted octanol–water partition coefficient (Wildman–Crippen LogP) is 4.87. The first-order chi connectivity index (χ1) is 24.3. The van der Waals surface area contributed by atoms with E-state index in [-0.39, 0.29) is 78.7 Å². The molecule has 3 aliphatic rings. The topological polar surface area (TPSA) is 117 Å². The van der Waals surface area contributed by atoms with E-state index in [0.717, 1.165) is 5.56 Å². The van der Waals surface area contributed by atoms with Gasteiger partial charge in [-0.1, -0.05) is 12.1 Å². The van der Waals surface area contributed by atoms with E-state index in [9.17, 15) is 18.8 Å². The fourth-order valence-corrected chi connectivity index (χ4v) is 7.19. The lowest BCUT2D eigenvalue weighted by atomic mass is 10.0. The average Bonchev–Trinajstić information content (AvgIpc) is 3.02. The molecule has 1 aromatic carbocycles. The van der Waals surface area contributed by atoms with Crippen LogP contribution in [0.15, 0.2) is 30.3 Å². The molecule has 3 amide bonds. The number of halogens is 1. The molecule has 52 heavy (non-hydrogen) atoms. The van der Waals surface area contributed by atoms with Gasteiger partial charge >= 0.3 is 6.09 Å². The van der Waals surface area contributed by atoms with Gasteiger partial charge in [0, 0.05) is 49.3 Å². The minimum Gasteiger partial charge on any atom is -0.474 e. The Hall–Kier alpha value is -3.81. The molecule has 286 valence electrons. The number of nitrogens with zero attached hydrogens (tertiary/aromatic N) is 5. The average molecular weight is 725 g/mol. The van der Waals surface area contributed by atoms with Crippen molar-refractivity contribution in [3.8, 4) is 5.88 Å². The summed E-state index contributed by atoms with van der Waals surface area (Å²) < 4.78 is 31.5. The molecule has 0 aliphatic carbocycles. The molecule has 0 radical (unpaired) electrons. The van der Waals surface area contributed by atoms with E-state index < -0.39 is 11.1 Å². The zero-order valence-corrected chi connectivity index (χ0v) is 32.5. The summed E-state index contributed by atoms with van der Waals surface area (Å²) in [5.41, 5.74) is 0.916. The highest BCUT2D eigenvalue weighted by Crippen LogP contribution is 2.36. The number of rotatable bonds is 7. The Labute approximate surface area is 307 Å². The molecule has 3 aliphatic heterocycles. The van der Waals surface area contributed by atoms with Gasteiger partial charge in [0.1, 0.15) is 29.4 Å². The number of carbonyl (C=O) groups excluding carboxylic acids is 3. The molecule has 4 heterocycles. The van der Waals surface area contributed by atoms with E-state index >= 15 is 0 Å². The van der Waals surface area contributed by atoms with Gasteiger partial charge in [-0.25, -0.2) is 14.2 Å². The van der Waals surface area contributed by atoms with Crippen LogP contribution in [0.5, 0.6) is 5.88 Å². The summed E-state index contributed by atoms with van der Waals surface area (Å²) in [7, 11) is 0. The summed E-state index contributed by atoms with van der Waals surface area (Å²) in [6, 6.07) is 7.64. The largest absolute Gasteiger partial charge is 0.474 e. The van der Waals surface area contributed by atoms with Gasteiger partial charge in [-0.05, 0) is 105 Å². The molecule has 12 nitrogen and oxygen atoms in total. The van der Waals surface area contributed by atoms with E-state index in [4.69, 9.17) is 19.2 Å². The molecule has 5 rings (SSSR count). The lowest BCUT2D eigenvalue weighted by Gasteiger charge is -2.49. The second-order valence-electron chi connectivity index (χ2n) is 16.7. The van der Waals surface area contributed by atoms with Crippen LogP contribution >= 0.6 is 0 Å². The van der Waals surface area contributed by atoms with Crippen LogP contribution in [-0.4, -0.2) is 125 Å². The van der Waals surface area contributed by atoms with Gasteiger partial charge in [-0.3, -0.25) is 19.4 Å². The lowest BCUT2D eigenvalue weighted by molar-refractivity contribution is -0.123. The number of nitrogens with one attached hydrogen (secondary N) is 1. The maximum Gasteiger partial charge on any atom is 0.410 e. The zero-order valence-electron chi connectivity index (χ0n) is 32.5. The number of hydrogen-bond acceptors (Lipinski definition) is 9. The summed E-state index contributed by atoms with van der Waals surface area (Å²) in [5, 5.41) is 2.99. The normalized spacial score (nSPS) is 24.6. The monoisotopic (exact) mass is 724 g/mol. The molecule has 0 spiro atoms. The Kier molecular flexibility index (Phi) is 11.9. The minimum absolute atomic E-state index is 0.105. The summed E-state index contributed by atoms with van der Waals surface area (Å²) in [5.74, 6) is -0.638. The van der Waals surface area contributed by atoms with Gasteiger partial charge in [-0.15, -0.1) is 0 Å².